The maximum absolute atomic E-state index is 12.3. The van der Waals surface area contributed by atoms with Gasteiger partial charge in [0, 0.05) is 10.4 Å². The summed E-state index contributed by atoms with van der Waals surface area (Å²) in [6.45, 7) is 0.347. The number of aromatic nitrogens is 3. The van der Waals surface area contributed by atoms with Gasteiger partial charge in [-0.05, 0) is 36.4 Å². The van der Waals surface area contributed by atoms with E-state index in [1.807, 2.05) is 29.6 Å². The number of nitrogens with zero attached hydrogens (tertiary/aromatic N) is 3. The first-order chi connectivity index (χ1) is 13.2. The van der Waals surface area contributed by atoms with Crippen LogP contribution in [0.15, 0.2) is 60.2 Å². The van der Waals surface area contributed by atoms with Crippen LogP contribution in [0.3, 0.4) is 0 Å². The van der Waals surface area contributed by atoms with Crippen LogP contribution in [0.4, 0.5) is 0 Å². The first-order valence-electron chi connectivity index (χ1n) is 8.21. The van der Waals surface area contributed by atoms with Crippen molar-refractivity contribution in [1.29, 1.82) is 0 Å². The van der Waals surface area contributed by atoms with Gasteiger partial charge in [0.15, 0.2) is 0 Å². The number of halogens is 1. The summed E-state index contributed by atoms with van der Waals surface area (Å²) in [4.78, 5) is 21.0. The number of nitrogens with one attached hydrogen (secondary N) is 1. The summed E-state index contributed by atoms with van der Waals surface area (Å²) in [6, 6.07) is 14.8. The molecule has 0 saturated heterocycles. The van der Waals surface area contributed by atoms with Crippen molar-refractivity contribution >= 4 is 39.9 Å². The maximum atomic E-state index is 12.3. The van der Waals surface area contributed by atoms with Crippen LogP contribution in [-0.2, 0) is 17.8 Å². The molecule has 8 heteroatoms. The summed E-state index contributed by atoms with van der Waals surface area (Å²) in [7, 11) is 0. The Kier molecular flexibility index (Phi) is 5.04. The number of hydrogen-bond donors (Lipinski definition) is 1. The van der Waals surface area contributed by atoms with E-state index in [9.17, 15) is 4.79 Å². The largest absolute Gasteiger partial charge is 0.486 e. The first kappa shape index (κ1) is 17.5. The minimum Gasteiger partial charge on any atom is -0.486 e. The summed E-state index contributed by atoms with van der Waals surface area (Å²) in [5.74, 6) is 0.564. The molecule has 27 heavy (non-hydrogen) atoms. The Hall–Kier alpha value is -2.90. The van der Waals surface area contributed by atoms with E-state index in [2.05, 4.69) is 15.4 Å². The molecule has 136 valence electrons. The van der Waals surface area contributed by atoms with Gasteiger partial charge in [0.05, 0.1) is 23.1 Å². The van der Waals surface area contributed by atoms with Crippen LogP contribution in [0.1, 0.15) is 10.7 Å². The molecule has 2 heterocycles. The van der Waals surface area contributed by atoms with Gasteiger partial charge in [-0.2, -0.15) is 0 Å². The van der Waals surface area contributed by atoms with Crippen molar-refractivity contribution < 1.29 is 9.53 Å². The second-order valence-corrected chi connectivity index (χ2v) is 7.17. The molecule has 4 aromatic rings. The molecule has 0 aliphatic heterocycles. The molecular formula is C19H15ClN4O2S. The topological polar surface area (TPSA) is 69.0 Å². The van der Waals surface area contributed by atoms with Crippen LogP contribution < -0.4 is 10.2 Å². The number of rotatable bonds is 6. The lowest BCUT2D eigenvalue weighted by atomic mass is 10.3. The number of ether oxygens (including phenoxy) is 1. The predicted molar refractivity (Wildman–Crippen MR) is 106 cm³/mol. The fraction of sp³-hybridized carbons (Fsp3) is 0.105. The number of para-hydroxylation sites is 2. The van der Waals surface area contributed by atoms with Crippen molar-refractivity contribution in [3.63, 3.8) is 0 Å². The third kappa shape index (κ3) is 4.27. The number of amides is 1. The van der Waals surface area contributed by atoms with E-state index < -0.39 is 0 Å². The maximum Gasteiger partial charge on any atom is 0.244 e. The summed E-state index contributed by atoms with van der Waals surface area (Å²) in [5.41, 5.74) is 5.20. The third-order valence-corrected chi connectivity index (χ3v) is 4.94. The molecule has 0 saturated carbocycles. The number of carbonyl (C=O) groups excluding carboxylic acids is 1. The molecule has 4 rings (SSSR count). The van der Waals surface area contributed by atoms with Crippen molar-refractivity contribution in [1.82, 2.24) is 14.6 Å². The lowest BCUT2D eigenvalue weighted by molar-refractivity contribution is -0.116. The number of carbonyl (C=O) groups is 1. The normalized spacial score (nSPS) is 10.9. The fourth-order valence-electron chi connectivity index (χ4n) is 2.56. The summed E-state index contributed by atoms with van der Waals surface area (Å²) >= 11 is 7.32. The molecule has 2 aromatic carbocycles. The van der Waals surface area contributed by atoms with Crippen molar-refractivity contribution in [3.8, 4) is 5.75 Å². The third-order valence-electron chi connectivity index (χ3n) is 3.82. The summed E-state index contributed by atoms with van der Waals surface area (Å²) in [6.07, 6.45) is 1.78. The smallest absolute Gasteiger partial charge is 0.244 e. The summed E-state index contributed by atoms with van der Waals surface area (Å²) < 4.78 is 7.29. The zero-order valence-corrected chi connectivity index (χ0v) is 15.7. The van der Waals surface area contributed by atoms with E-state index in [4.69, 9.17) is 16.3 Å². The minimum absolute atomic E-state index is 0.159. The van der Waals surface area contributed by atoms with Gasteiger partial charge >= 0.3 is 0 Å². The van der Waals surface area contributed by atoms with Gasteiger partial charge < -0.3 is 4.74 Å². The number of benzene rings is 2. The van der Waals surface area contributed by atoms with Gasteiger partial charge in [-0.25, -0.2) is 14.6 Å². The second-order valence-electron chi connectivity index (χ2n) is 5.79. The molecule has 0 fully saturated rings. The molecule has 1 amide bonds. The van der Waals surface area contributed by atoms with Crippen molar-refractivity contribution in [3.05, 3.63) is 76.0 Å². The van der Waals surface area contributed by atoms with Crippen LogP contribution in [0.25, 0.3) is 11.0 Å². The zero-order chi connectivity index (χ0) is 18.6. The Balaban J connectivity index is 1.34. The minimum atomic E-state index is -0.159. The average molecular weight is 399 g/mol. The Morgan fingerprint density at radius 2 is 2.00 bits per heavy atom. The molecule has 0 aliphatic carbocycles. The monoisotopic (exact) mass is 398 g/mol. The van der Waals surface area contributed by atoms with Crippen LogP contribution in [0, 0.1) is 0 Å². The highest BCUT2D eigenvalue weighted by molar-refractivity contribution is 7.09. The van der Waals surface area contributed by atoms with Crippen molar-refractivity contribution in [2.45, 2.75) is 13.0 Å². The number of hydrogen-bond acceptors (Lipinski definition) is 5. The first-order valence-corrected chi connectivity index (χ1v) is 9.47. The predicted octanol–water partition coefficient (Wildman–Crippen LogP) is 4.04. The molecule has 0 bridgehead atoms. The van der Waals surface area contributed by atoms with E-state index in [0.29, 0.717) is 17.3 Å². The van der Waals surface area contributed by atoms with Gasteiger partial charge in [0.1, 0.15) is 23.7 Å². The standard InChI is InChI=1S/C19H15ClN4O2S/c20-13-5-7-15(8-6-13)26-10-19-22-14(11-27-19)9-18(25)23-24-12-21-16-3-1-2-4-17(16)24/h1-8,11-12H,9-10H2,(H,23,25). The SMILES string of the molecule is O=C(Cc1csc(COc2ccc(Cl)cc2)n1)Nn1cnc2ccccc21. The Morgan fingerprint density at radius 3 is 2.85 bits per heavy atom. The van der Waals surface area contributed by atoms with Crippen LogP contribution in [0.5, 0.6) is 5.75 Å². The lowest BCUT2D eigenvalue weighted by Crippen LogP contribution is -2.23. The van der Waals surface area contributed by atoms with Crippen molar-refractivity contribution in [2.75, 3.05) is 5.43 Å². The molecule has 1 N–H and O–H groups in total. The van der Waals surface area contributed by atoms with Crippen LogP contribution in [-0.4, -0.2) is 20.6 Å². The van der Waals surface area contributed by atoms with Gasteiger partial charge in [0.2, 0.25) is 5.91 Å². The Labute approximate surface area is 164 Å². The van der Waals surface area contributed by atoms with Crippen LogP contribution in [0.2, 0.25) is 5.02 Å². The molecular weight excluding hydrogens is 384 g/mol. The van der Waals surface area contributed by atoms with Crippen LogP contribution >= 0.6 is 22.9 Å². The van der Waals surface area contributed by atoms with Gasteiger partial charge in [-0.1, -0.05) is 23.7 Å². The quantitative estimate of drug-likeness (QED) is 0.532. The molecule has 2 aromatic heterocycles. The fourth-order valence-corrected chi connectivity index (χ4v) is 3.39. The van der Waals surface area contributed by atoms with Gasteiger partial charge in [0.25, 0.3) is 0 Å². The highest BCUT2D eigenvalue weighted by Gasteiger charge is 2.10. The molecule has 6 nitrogen and oxygen atoms in total. The number of imidazole rings is 1. The van der Waals surface area contributed by atoms with E-state index in [0.717, 1.165) is 21.8 Å². The van der Waals surface area contributed by atoms with E-state index >= 15 is 0 Å². The highest BCUT2D eigenvalue weighted by atomic mass is 35.5. The molecule has 0 aliphatic rings. The molecule has 0 spiro atoms. The van der Waals surface area contributed by atoms with Gasteiger partial charge in [-0.3, -0.25) is 10.2 Å². The van der Waals surface area contributed by atoms with E-state index in [1.54, 1.807) is 35.3 Å². The Bertz CT molecular complexity index is 1070. The zero-order valence-electron chi connectivity index (χ0n) is 14.1. The highest BCUT2D eigenvalue weighted by Crippen LogP contribution is 2.18. The molecule has 0 radical (unpaired) electrons. The average Bonchev–Trinajstić information content (AvgIpc) is 3.29. The second kappa shape index (κ2) is 7.77. The number of thiazole rings is 1. The van der Waals surface area contributed by atoms with E-state index in [-0.39, 0.29) is 12.3 Å². The van der Waals surface area contributed by atoms with Gasteiger partial charge in [-0.15, -0.1) is 11.3 Å². The molecule has 0 unspecified atom stereocenters. The van der Waals surface area contributed by atoms with Crippen molar-refractivity contribution in [2.24, 2.45) is 0 Å². The molecule has 0 atom stereocenters. The number of fused-ring (bicyclic) bond motifs is 1. The lowest BCUT2D eigenvalue weighted by Gasteiger charge is -2.06. The Morgan fingerprint density at radius 1 is 1.19 bits per heavy atom. The summed E-state index contributed by atoms with van der Waals surface area (Å²) in [5, 5.41) is 3.34. The van der Waals surface area contributed by atoms with E-state index in [1.165, 1.54) is 11.3 Å².